The van der Waals surface area contributed by atoms with Crippen molar-refractivity contribution >= 4 is 22.5 Å². The Hall–Kier alpha value is -3.35. The molecule has 0 unspecified atom stereocenters. The van der Waals surface area contributed by atoms with E-state index in [4.69, 9.17) is 0 Å². The summed E-state index contributed by atoms with van der Waals surface area (Å²) in [5, 5.41) is 10.6. The smallest absolute Gasteiger partial charge is 0.261 e. The maximum Gasteiger partial charge on any atom is 0.261 e. The number of phenols is 1. The molecule has 2 aromatic carbocycles. The summed E-state index contributed by atoms with van der Waals surface area (Å²) >= 11 is 0. The zero-order valence-corrected chi connectivity index (χ0v) is 15.5. The molecule has 0 bridgehead atoms. The zero-order valence-electron chi connectivity index (χ0n) is 15.5. The van der Waals surface area contributed by atoms with Crippen molar-refractivity contribution in [2.24, 2.45) is 0 Å². The summed E-state index contributed by atoms with van der Waals surface area (Å²) in [5.74, 6) is 0.280. The van der Waals surface area contributed by atoms with Crippen LogP contribution in [0.15, 0.2) is 59.7 Å². The number of amides is 1. The van der Waals surface area contributed by atoms with E-state index in [-0.39, 0.29) is 23.6 Å². The molecule has 7 heteroatoms. The topological polar surface area (TPSA) is 78.7 Å². The SMILES string of the molecule is O=C(CCn1cnc2ccccc2c1=O)N1CCN(c2ccccc2O)CC1. The molecule has 0 atom stereocenters. The first-order valence-electron chi connectivity index (χ1n) is 9.38. The molecule has 4 rings (SSSR count). The highest BCUT2D eigenvalue weighted by atomic mass is 16.3. The number of hydrogen-bond donors (Lipinski definition) is 1. The second kappa shape index (κ2) is 7.72. The first-order chi connectivity index (χ1) is 13.6. The minimum Gasteiger partial charge on any atom is -0.506 e. The molecule has 1 aromatic heterocycles. The summed E-state index contributed by atoms with van der Waals surface area (Å²) in [6.07, 6.45) is 1.77. The molecule has 1 N–H and O–H groups in total. The maximum absolute atomic E-state index is 12.6. The van der Waals surface area contributed by atoms with E-state index in [1.54, 1.807) is 24.3 Å². The van der Waals surface area contributed by atoms with Crippen LogP contribution in [0.5, 0.6) is 5.75 Å². The van der Waals surface area contributed by atoms with Crippen LogP contribution in [0.1, 0.15) is 6.42 Å². The van der Waals surface area contributed by atoms with Crippen molar-refractivity contribution in [3.63, 3.8) is 0 Å². The molecule has 0 saturated carbocycles. The lowest BCUT2D eigenvalue weighted by atomic mass is 10.2. The second-order valence-corrected chi connectivity index (χ2v) is 6.87. The fourth-order valence-corrected chi connectivity index (χ4v) is 3.57. The van der Waals surface area contributed by atoms with Gasteiger partial charge in [-0.1, -0.05) is 24.3 Å². The second-order valence-electron chi connectivity index (χ2n) is 6.87. The molecule has 144 valence electrons. The van der Waals surface area contributed by atoms with Gasteiger partial charge < -0.3 is 14.9 Å². The molecule has 1 aliphatic rings. The van der Waals surface area contributed by atoms with Crippen molar-refractivity contribution in [1.82, 2.24) is 14.5 Å². The van der Waals surface area contributed by atoms with Gasteiger partial charge in [0.2, 0.25) is 5.91 Å². The monoisotopic (exact) mass is 378 g/mol. The number of piperazine rings is 1. The molecule has 28 heavy (non-hydrogen) atoms. The Labute approximate surface area is 162 Å². The number of anilines is 1. The first-order valence-corrected chi connectivity index (χ1v) is 9.38. The number of para-hydroxylation sites is 3. The van der Waals surface area contributed by atoms with Crippen molar-refractivity contribution in [3.05, 3.63) is 65.2 Å². The van der Waals surface area contributed by atoms with Crippen LogP contribution in [0.2, 0.25) is 0 Å². The van der Waals surface area contributed by atoms with Gasteiger partial charge in [0.1, 0.15) is 5.75 Å². The lowest BCUT2D eigenvalue weighted by Gasteiger charge is -2.36. The van der Waals surface area contributed by atoms with E-state index in [2.05, 4.69) is 9.88 Å². The summed E-state index contributed by atoms with van der Waals surface area (Å²) in [4.78, 5) is 33.3. The molecule has 3 aromatic rings. The molecule has 0 radical (unpaired) electrons. The molecule has 0 aliphatic carbocycles. The molecule has 0 spiro atoms. The number of aromatic nitrogens is 2. The average molecular weight is 378 g/mol. The molecular formula is C21H22N4O3. The number of phenolic OH excluding ortho intramolecular Hbond substituents is 1. The molecule has 7 nitrogen and oxygen atoms in total. The summed E-state index contributed by atoms with van der Waals surface area (Å²) < 4.78 is 1.50. The fourth-order valence-electron chi connectivity index (χ4n) is 3.57. The number of carbonyl (C=O) groups excluding carboxylic acids is 1. The van der Waals surface area contributed by atoms with Gasteiger partial charge in [-0.3, -0.25) is 14.2 Å². The third-order valence-electron chi connectivity index (χ3n) is 5.15. The van der Waals surface area contributed by atoms with Gasteiger partial charge in [-0.05, 0) is 24.3 Å². The quantitative estimate of drug-likeness (QED) is 0.750. The molecule has 1 amide bonds. The number of rotatable bonds is 4. The highest BCUT2D eigenvalue weighted by Gasteiger charge is 2.22. The van der Waals surface area contributed by atoms with E-state index in [1.165, 1.54) is 10.9 Å². The van der Waals surface area contributed by atoms with Crippen molar-refractivity contribution in [2.75, 3.05) is 31.1 Å². The minimum atomic E-state index is -0.122. The van der Waals surface area contributed by atoms with Gasteiger partial charge in [0, 0.05) is 39.1 Å². The number of hydrogen-bond acceptors (Lipinski definition) is 5. The van der Waals surface area contributed by atoms with Crippen LogP contribution in [0.3, 0.4) is 0 Å². The van der Waals surface area contributed by atoms with Crippen LogP contribution in [0.4, 0.5) is 5.69 Å². The van der Waals surface area contributed by atoms with E-state index in [1.807, 2.05) is 29.2 Å². The first kappa shape index (κ1) is 18.0. The van der Waals surface area contributed by atoms with E-state index < -0.39 is 0 Å². The molecular weight excluding hydrogens is 356 g/mol. The lowest BCUT2D eigenvalue weighted by molar-refractivity contribution is -0.131. The van der Waals surface area contributed by atoms with Crippen LogP contribution >= 0.6 is 0 Å². The number of fused-ring (bicyclic) bond motifs is 1. The van der Waals surface area contributed by atoms with Crippen LogP contribution in [-0.4, -0.2) is 51.6 Å². The predicted octanol–water partition coefficient (Wildman–Crippen LogP) is 1.84. The normalized spacial score (nSPS) is 14.4. The summed E-state index contributed by atoms with van der Waals surface area (Å²) in [5.41, 5.74) is 1.33. The Morgan fingerprint density at radius 1 is 1.00 bits per heavy atom. The van der Waals surface area contributed by atoms with Crippen LogP contribution in [0.25, 0.3) is 10.9 Å². The predicted molar refractivity (Wildman–Crippen MR) is 108 cm³/mol. The summed E-state index contributed by atoms with van der Waals surface area (Å²) in [6, 6.07) is 14.4. The maximum atomic E-state index is 12.6. The number of carbonyl (C=O) groups is 1. The van der Waals surface area contributed by atoms with Gasteiger partial charge in [0.05, 0.1) is 22.9 Å². The van der Waals surface area contributed by atoms with E-state index in [9.17, 15) is 14.7 Å². The van der Waals surface area contributed by atoms with Gasteiger partial charge in [-0.2, -0.15) is 0 Å². The van der Waals surface area contributed by atoms with Gasteiger partial charge in [0.25, 0.3) is 5.56 Å². The summed E-state index contributed by atoms with van der Waals surface area (Å²) in [6.45, 7) is 2.84. The third kappa shape index (κ3) is 3.55. The minimum absolute atomic E-state index is 0.0250. The van der Waals surface area contributed by atoms with Crippen molar-refractivity contribution < 1.29 is 9.90 Å². The van der Waals surface area contributed by atoms with Gasteiger partial charge >= 0.3 is 0 Å². The number of nitrogens with zero attached hydrogens (tertiary/aromatic N) is 4. The van der Waals surface area contributed by atoms with E-state index in [0.717, 1.165) is 5.69 Å². The summed E-state index contributed by atoms with van der Waals surface area (Å²) in [7, 11) is 0. The van der Waals surface area contributed by atoms with Crippen LogP contribution < -0.4 is 10.5 Å². The van der Waals surface area contributed by atoms with Crippen LogP contribution in [0, 0.1) is 0 Å². The standard InChI is InChI=1S/C21H22N4O3/c26-19-8-4-3-7-18(19)23-11-13-24(14-12-23)20(27)9-10-25-15-22-17-6-2-1-5-16(17)21(25)28/h1-8,15,26H,9-14H2. The Morgan fingerprint density at radius 2 is 1.71 bits per heavy atom. The van der Waals surface area contributed by atoms with Crippen molar-refractivity contribution in [2.45, 2.75) is 13.0 Å². The van der Waals surface area contributed by atoms with Crippen molar-refractivity contribution in [3.8, 4) is 5.75 Å². The van der Waals surface area contributed by atoms with Gasteiger partial charge in [-0.25, -0.2) is 4.98 Å². The van der Waals surface area contributed by atoms with Crippen molar-refractivity contribution in [1.29, 1.82) is 0 Å². The molecule has 2 heterocycles. The molecule has 1 fully saturated rings. The number of benzene rings is 2. The fraction of sp³-hybridized carbons (Fsp3) is 0.286. The Morgan fingerprint density at radius 3 is 2.50 bits per heavy atom. The lowest BCUT2D eigenvalue weighted by Crippen LogP contribution is -2.49. The highest BCUT2D eigenvalue weighted by molar-refractivity contribution is 5.78. The molecule has 1 saturated heterocycles. The van der Waals surface area contributed by atoms with Gasteiger partial charge in [0.15, 0.2) is 0 Å². The van der Waals surface area contributed by atoms with Crippen LogP contribution in [-0.2, 0) is 11.3 Å². The Bertz CT molecular complexity index is 1050. The zero-order chi connectivity index (χ0) is 19.5. The van der Waals surface area contributed by atoms with E-state index in [0.29, 0.717) is 43.6 Å². The van der Waals surface area contributed by atoms with E-state index >= 15 is 0 Å². The average Bonchev–Trinajstić information content (AvgIpc) is 2.74. The largest absolute Gasteiger partial charge is 0.506 e. The molecule has 1 aliphatic heterocycles. The third-order valence-corrected chi connectivity index (χ3v) is 5.15. The van der Waals surface area contributed by atoms with Gasteiger partial charge in [-0.15, -0.1) is 0 Å². The Kier molecular flexibility index (Phi) is 4.97. The number of aromatic hydroxyl groups is 1. The Balaban J connectivity index is 1.36. The highest BCUT2D eigenvalue weighted by Crippen LogP contribution is 2.27. The number of aryl methyl sites for hydroxylation is 1.